The number of ketones is 1. The second-order valence-corrected chi connectivity index (χ2v) is 18.3. The Morgan fingerprint density at radius 1 is 0.625 bits per heavy atom. The number of carbonyl (C=O) groups excluding carboxylic acids is 6. The maximum atomic E-state index is 14.1. The van der Waals surface area contributed by atoms with Crippen LogP contribution in [0.25, 0.3) is 0 Å². The predicted octanol–water partition coefficient (Wildman–Crippen LogP) is 7.53. The molecule has 0 aromatic heterocycles. The van der Waals surface area contributed by atoms with Gasteiger partial charge in [0.1, 0.15) is 31.1 Å². The van der Waals surface area contributed by atoms with Crippen LogP contribution in [0.4, 0.5) is 28.4 Å². The minimum Gasteiger partial charge on any atom is -0.493 e. The van der Waals surface area contributed by atoms with Gasteiger partial charge >= 0.3 is 0 Å². The van der Waals surface area contributed by atoms with Gasteiger partial charge in [-0.2, -0.15) is 0 Å². The SMILES string of the molecule is COc1cc2c(cc1OCc1cc(COc3cc4c(cc3OC)C(=O)N3c5ccccc5C[C@H]3C=N4)cc(NC(=O)[C@H](C)NC(=O)[C@H](C)NC(=O)CCCCC(C)=O)c1)N=C[C@@H]1Cc3ccccc3N1C2=O. The molecule has 9 rings (SSSR count). The number of rotatable bonds is 18. The number of methoxy groups -OCH3 is 2. The maximum absolute atomic E-state index is 14.1. The average Bonchev–Trinajstić information content (AvgIpc) is 3.86. The van der Waals surface area contributed by atoms with Gasteiger partial charge in [-0.1, -0.05) is 36.4 Å². The molecule has 0 saturated carbocycles. The van der Waals surface area contributed by atoms with E-state index in [1.165, 1.54) is 35.0 Å². The van der Waals surface area contributed by atoms with E-state index in [0.29, 0.717) is 94.4 Å². The van der Waals surface area contributed by atoms with Gasteiger partial charge < -0.3 is 39.7 Å². The van der Waals surface area contributed by atoms with Gasteiger partial charge in [-0.15, -0.1) is 0 Å². The minimum absolute atomic E-state index is 0.0241. The second kappa shape index (κ2) is 20.9. The summed E-state index contributed by atoms with van der Waals surface area (Å²) < 4.78 is 24.3. The molecule has 0 aliphatic carbocycles. The van der Waals surface area contributed by atoms with E-state index < -0.39 is 23.9 Å². The van der Waals surface area contributed by atoms with Gasteiger partial charge in [0.05, 0.1) is 48.8 Å². The predicted molar refractivity (Wildman–Crippen MR) is 272 cm³/mol. The zero-order chi connectivity index (χ0) is 50.6. The molecule has 17 heteroatoms. The molecule has 72 heavy (non-hydrogen) atoms. The number of hydrogen-bond acceptors (Lipinski definition) is 12. The van der Waals surface area contributed by atoms with E-state index in [2.05, 4.69) is 16.0 Å². The highest BCUT2D eigenvalue weighted by atomic mass is 16.5. The Morgan fingerprint density at radius 2 is 1.11 bits per heavy atom. The number of hydrogen-bond donors (Lipinski definition) is 3. The molecule has 5 amide bonds. The number of Topliss-reactive ketones (excluding diaryl/α,β-unsaturated/α-hetero) is 1. The number of carbonyl (C=O) groups is 6. The van der Waals surface area contributed by atoms with Gasteiger partial charge in [-0.05, 0) is 98.3 Å². The van der Waals surface area contributed by atoms with Crippen molar-refractivity contribution >= 4 is 76.2 Å². The fourth-order valence-corrected chi connectivity index (χ4v) is 9.39. The summed E-state index contributed by atoms with van der Waals surface area (Å²) in [5.74, 6) is -0.471. The Balaban J connectivity index is 0.942. The standard InChI is InChI=1S/C55H55N7O10/c1-31(63)12-6-11-17-51(64)58-32(2)52(65)59-33(3)53(66)60-38-19-34(29-71-49-25-43-41(23-47(49)69-4)54(67)61-39(27-56-43)21-36-13-7-9-15-45(36)61)18-35(20-38)30-72-50-26-44-42(24-48(50)70-5)55(68)62-40(28-57-44)22-37-14-8-10-16-46(37)62/h7-10,13-16,18-20,23-28,32-33,39-40H,6,11-12,17,21-22,29-30H2,1-5H3,(H,58,64)(H,59,65)(H,60,66)/t32-,33-,39-,40-/m0/s1. The highest BCUT2D eigenvalue weighted by Gasteiger charge is 2.38. The van der Waals surface area contributed by atoms with Crippen LogP contribution in [-0.2, 0) is 45.2 Å². The lowest BCUT2D eigenvalue weighted by Gasteiger charge is -2.22. The molecule has 4 aliphatic rings. The molecular formula is C55H55N7O10. The van der Waals surface area contributed by atoms with Crippen LogP contribution < -0.4 is 44.7 Å². The molecule has 4 atom stereocenters. The molecule has 4 heterocycles. The number of fused-ring (bicyclic) bond motifs is 8. The van der Waals surface area contributed by atoms with Crippen LogP contribution in [-0.4, -0.2) is 86.1 Å². The van der Waals surface area contributed by atoms with Crippen LogP contribution in [0.1, 0.15) is 89.4 Å². The van der Waals surface area contributed by atoms with Crippen molar-refractivity contribution in [1.29, 1.82) is 0 Å². The lowest BCUT2D eigenvalue weighted by Crippen LogP contribution is -2.50. The second-order valence-electron chi connectivity index (χ2n) is 18.3. The molecule has 4 aliphatic heterocycles. The third-order valence-corrected chi connectivity index (χ3v) is 13.1. The molecule has 0 radical (unpaired) electrons. The van der Waals surface area contributed by atoms with Gasteiger partial charge in [-0.25, -0.2) is 0 Å². The van der Waals surface area contributed by atoms with Crippen LogP contribution in [0.3, 0.4) is 0 Å². The highest BCUT2D eigenvalue weighted by molar-refractivity contribution is 6.16. The average molecular weight is 974 g/mol. The summed E-state index contributed by atoms with van der Waals surface area (Å²) in [5, 5.41) is 8.22. The molecule has 17 nitrogen and oxygen atoms in total. The smallest absolute Gasteiger partial charge is 0.261 e. The number of benzene rings is 5. The lowest BCUT2D eigenvalue weighted by atomic mass is 10.1. The van der Waals surface area contributed by atoms with E-state index in [9.17, 15) is 28.8 Å². The van der Waals surface area contributed by atoms with E-state index in [1.54, 1.807) is 58.6 Å². The van der Waals surface area contributed by atoms with Crippen molar-refractivity contribution < 1.29 is 47.7 Å². The van der Waals surface area contributed by atoms with E-state index >= 15 is 0 Å². The zero-order valence-electron chi connectivity index (χ0n) is 40.7. The molecule has 370 valence electrons. The number of nitrogens with one attached hydrogen (secondary N) is 3. The first kappa shape index (κ1) is 48.7. The molecule has 5 aromatic carbocycles. The quantitative estimate of drug-likeness (QED) is 0.0736. The van der Waals surface area contributed by atoms with Gasteiger partial charge in [0.2, 0.25) is 17.7 Å². The fraction of sp³-hybridized carbons (Fsp3) is 0.309. The lowest BCUT2D eigenvalue weighted by molar-refractivity contribution is -0.130. The van der Waals surface area contributed by atoms with Crippen molar-refractivity contribution in [3.8, 4) is 23.0 Å². The van der Waals surface area contributed by atoms with E-state index in [4.69, 9.17) is 28.9 Å². The summed E-state index contributed by atoms with van der Waals surface area (Å²) in [6.45, 7) is 4.51. The van der Waals surface area contributed by atoms with Gasteiger partial charge in [-0.3, -0.25) is 43.8 Å². The summed E-state index contributed by atoms with van der Waals surface area (Å²) in [6, 6.07) is 25.1. The Morgan fingerprint density at radius 3 is 1.61 bits per heavy atom. The van der Waals surface area contributed by atoms with Crippen molar-refractivity contribution in [3.63, 3.8) is 0 Å². The number of anilines is 3. The van der Waals surface area contributed by atoms with E-state index in [1.807, 2.05) is 54.6 Å². The first-order valence-electron chi connectivity index (χ1n) is 23.9. The highest BCUT2D eigenvalue weighted by Crippen LogP contribution is 2.43. The number of aliphatic imine (C=N–C) groups is 2. The Labute approximate surface area is 416 Å². The molecular weight excluding hydrogens is 919 g/mol. The van der Waals surface area contributed by atoms with Crippen LogP contribution in [0.15, 0.2) is 101 Å². The summed E-state index contributed by atoms with van der Waals surface area (Å²) in [7, 11) is 2.98. The fourth-order valence-electron chi connectivity index (χ4n) is 9.39. The molecule has 0 bridgehead atoms. The van der Waals surface area contributed by atoms with Crippen LogP contribution in [0, 0.1) is 0 Å². The Bertz CT molecular complexity index is 2900. The third-order valence-electron chi connectivity index (χ3n) is 13.1. The summed E-state index contributed by atoms with van der Waals surface area (Å²) in [5.41, 5.74) is 7.01. The summed E-state index contributed by atoms with van der Waals surface area (Å²) in [6.07, 6.45) is 6.49. The van der Waals surface area contributed by atoms with Crippen molar-refractivity contribution in [3.05, 3.63) is 124 Å². The molecule has 0 fully saturated rings. The topological polar surface area (TPSA) is 207 Å². The van der Waals surface area contributed by atoms with Crippen LogP contribution in [0.5, 0.6) is 23.0 Å². The molecule has 0 unspecified atom stereocenters. The van der Waals surface area contributed by atoms with E-state index in [0.717, 1.165) is 22.5 Å². The summed E-state index contributed by atoms with van der Waals surface area (Å²) in [4.78, 5) is 91.7. The molecule has 0 saturated heterocycles. The van der Waals surface area contributed by atoms with Crippen LogP contribution >= 0.6 is 0 Å². The van der Waals surface area contributed by atoms with Gasteiger partial charge in [0.25, 0.3) is 11.8 Å². The first-order valence-corrected chi connectivity index (χ1v) is 23.9. The number of ether oxygens (including phenoxy) is 4. The monoisotopic (exact) mass is 973 g/mol. The number of nitrogens with zero attached hydrogens (tertiary/aromatic N) is 4. The zero-order valence-corrected chi connectivity index (χ0v) is 40.7. The molecule has 0 spiro atoms. The van der Waals surface area contributed by atoms with Crippen molar-refractivity contribution in [2.45, 2.75) is 96.7 Å². The van der Waals surface area contributed by atoms with Crippen molar-refractivity contribution in [2.75, 3.05) is 29.3 Å². The molecule has 5 aromatic rings. The minimum atomic E-state index is -1.01. The Kier molecular flexibility index (Phi) is 14.2. The first-order chi connectivity index (χ1) is 34.8. The van der Waals surface area contributed by atoms with Crippen molar-refractivity contribution in [1.82, 2.24) is 10.6 Å². The van der Waals surface area contributed by atoms with E-state index in [-0.39, 0.29) is 55.2 Å². The number of unbranched alkanes of at least 4 members (excludes halogenated alkanes) is 1. The normalized spacial score (nSPS) is 16.6. The van der Waals surface area contributed by atoms with Crippen LogP contribution in [0.2, 0.25) is 0 Å². The summed E-state index contributed by atoms with van der Waals surface area (Å²) >= 11 is 0. The number of para-hydroxylation sites is 2. The Hall–Kier alpha value is -8.34. The van der Waals surface area contributed by atoms with Crippen molar-refractivity contribution in [2.24, 2.45) is 9.98 Å². The van der Waals surface area contributed by atoms with Gasteiger partial charge in [0, 0.05) is 67.3 Å². The number of amides is 5. The maximum Gasteiger partial charge on any atom is 0.261 e. The third kappa shape index (κ3) is 10.3. The largest absolute Gasteiger partial charge is 0.493 e. The van der Waals surface area contributed by atoms with Gasteiger partial charge in [0.15, 0.2) is 23.0 Å². The molecule has 3 N–H and O–H groups in total.